The highest BCUT2D eigenvalue weighted by molar-refractivity contribution is 8.03. The molecule has 4 rings (SSSR count). The van der Waals surface area contributed by atoms with Crippen molar-refractivity contribution in [2.24, 2.45) is 10.9 Å². The van der Waals surface area contributed by atoms with E-state index in [-0.39, 0.29) is 12.0 Å². The van der Waals surface area contributed by atoms with E-state index in [2.05, 4.69) is 32.3 Å². The van der Waals surface area contributed by atoms with Gasteiger partial charge in [0.15, 0.2) is 0 Å². The molecule has 7 heteroatoms. The number of likely N-dealkylation sites (tertiary alicyclic amines) is 1. The van der Waals surface area contributed by atoms with Gasteiger partial charge in [-0.25, -0.2) is 0 Å². The van der Waals surface area contributed by atoms with Crippen molar-refractivity contribution in [2.75, 3.05) is 13.1 Å². The van der Waals surface area contributed by atoms with Gasteiger partial charge in [0.1, 0.15) is 16.9 Å². The van der Waals surface area contributed by atoms with Crippen LogP contribution in [0.4, 0.5) is 0 Å². The molecule has 0 aliphatic carbocycles. The summed E-state index contributed by atoms with van der Waals surface area (Å²) in [5.74, 6) is 1.39. The van der Waals surface area contributed by atoms with Crippen molar-refractivity contribution in [1.82, 2.24) is 20.4 Å². The predicted molar refractivity (Wildman–Crippen MR) is 94.7 cm³/mol. The molecule has 2 N–H and O–H groups in total. The number of hydrogen-bond acceptors (Lipinski definition) is 7. The molecule has 3 aliphatic rings. The van der Waals surface area contributed by atoms with Crippen LogP contribution in [0.1, 0.15) is 43.1 Å². The Kier molecular flexibility index (Phi) is 3.61. The highest BCUT2D eigenvalue weighted by Gasteiger charge is 2.40. The molecule has 1 aromatic rings. The van der Waals surface area contributed by atoms with Crippen molar-refractivity contribution >= 4 is 18.1 Å². The first kappa shape index (κ1) is 15.9. The number of aliphatic imine (C=N–C) groups is 1. The van der Waals surface area contributed by atoms with Crippen molar-refractivity contribution < 1.29 is 5.11 Å². The molecule has 0 spiro atoms. The van der Waals surface area contributed by atoms with Crippen LogP contribution in [0.3, 0.4) is 0 Å². The zero-order valence-electron chi connectivity index (χ0n) is 14.5. The standard InChI is InChI=1S/C17H23N5OS/c1-9-10(2)20-21-16-12(9)13-14(24-16)15(19-8-18-13)22-6-5-11(7-22)17(3,4)23/h8,11,13,23H,5-7H2,1-4H3,(H,18,19). The van der Waals surface area contributed by atoms with Crippen molar-refractivity contribution in [2.45, 2.75) is 50.8 Å². The maximum Gasteiger partial charge on any atom is 0.129 e. The molecule has 0 amide bonds. The fraction of sp³-hybridized carbons (Fsp3) is 0.588. The molecular weight excluding hydrogens is 322 g/mol. The van der Waals surface area contributed by atoms with Gasteiger partial charge in [-0.05, 0) is 39.7 Å². The fourth-order valence-electron chi connectivity index (χ4n) is 3.64. The topological polar surface area (TPSA) is 73.6 Å². The Morgan fingerprint density at radius 3 is 2.83 bits per heavy atom. The molecule has 3 aliphatic heterocycles. The number of thioether (sulfide) groups is 1. The Bertz CT molecular complexity index is 752. The molecule has 6 nitrogen and oxygen atoms in total. The van der Waals surface area contributed by atoms with E-state index in [1.165, 1.54) is 16.0 Å². The molecule has 2 unspecified atom stereocenters. The lowest BCUT2D eigenvalue weighted by molar-refractivity contribution is 0.0221. The quantitative estimate of drug-likeness (QED) is 0.855. The molecule has 1 aromatic heterocycles. The number of aliphatic hydroxyl groups is 1. The maximum atomic E-state index is 10.3. The van der Waals surface area contributed by atoms with Crippen LogP contribution >= 0.6 is 11.8 Å². The van der Waals surface area contributed by atoms with Crippen LogP contribution in [-0.4, -0.2) is 45.2 Å². The van der Waals surface area contributed by atoms with Gasteiger partial charge in [-0.1, -0.05) is 11.8 Å². The van der Waals surface area contributed by atoms with E-state index in [9.17, 15) is 5.11 Å². The largest absolute Gasteiger partial charge is 0.390 e. The van der Waals surface area contributed by atoms with Gasteiger partial charge in [-0.3, -0.25) is 4.99 Å². The average Bonchev–Trinajstić information content (AvgIpc) is 3.15. The van der Waals surface area contributed by atoms with Crippen molar-refractivity contribution in [3.8, 4) is 0 Å². The van der Waals surface area contributed by atoms with E-state index in [0.717, 1.165) is 36.1 Å². The van der Waals surface area contributed by atoms with E-state index in [0.29, 0.717) is 0 Å². The van der Waals surface area contributed by atoms with Gasteiger partial charge in [0, 0.05) is 24.6 Å². The van der Waals surface area contributed by atoms with Gasteiger partial charge in [-0.15, -0.1) is 5.10 Å². The van der Waals surface area contributed by atoms with Gasteiger partial charge in [0.05, 0.1) is 22.5 Å². The number of aryl methyl sites for hydroxylation is 1. The molecule has 1 fully saturated rings. The summed E-state index contributed by atoms with van der Waals surface area (Å²) < 4.78 is 0. The van der Waals surface area contributed by atoms with Gasteiger partial charge < -0.3 is 15.3 Å². The first-order chi connectivity index (χ1) is 11.4. The van der Waals surface area contributed by atoms with Gasteiger partial charge in [0.25, 0.3) is 0 Å². The van der Waals surface area contributed by atoms with E-state index >= 15 is 0 Å². The molecule has 4 heterocycles. The van der Waals surface area contributed by atoms with E-state index in [1.807, 2.05) is 20.8 Å². The lowest BCUT2D eigenvalue weighted by Gasteiger charge is -2.30. The highest BCUT2D eigenvalue weighted by Crippen LogP contribution is 2.52. The van der Waals surface area contributed by atoms with Crippen LogP contribution in [0.2, 0.25) is 0 Å². The zero-order chi connectivity index (χ0) is 17.1. The Balaban J connectivity index is 1.68. The number of nitrogens with one attached hydrogen (secondary N) is 1. The molecule has 0 bridgehead atoms. The van der Waals surface area contributed by atoms with Crippen LogP contribution < -0.4 is 5.32 Å². The van der Waals surface area contributed by atoms with Crippen LogP contribution in [0, 0.1) is 19.8 Å². The minimum Gasteiger partial charge on any atom is -0.390 e. The average molecular weight is 345 g/mol. The SMILES string of the molecule is Cc1nnc2c(c1C)C1N=CNC(N3CCC(C(C)(C)O)C3)=C1S2. The van der Waals surface area contributed by atoms with Crippen LogP contribution in [-0.2, 0) is 0 Å². The summed E-state index contributed by atoms with van der Waals surface area (Å²) in [7, 11) is 0. The first-order valence-electron chi connectivity index (χ1n) is 8.37. The minimum absolute atomic E-state index is 0.0247. The van der Waals surface area contributed by atoms with Crippen molar-refractivity contribution in [1.29, 1.82) is 0 Å². The number of aromatic nitrogens is 2. The number of fused-ring (bicyclic) bond motifs is 3. The summed E-state index contributed by atoms with van der Waals surface area (Å²) in [6.45, 7) is 9.70. The summed E-state index contributed by atoms with van der Waals surface area (Å²) >= 11 is 1.67. The molecule has 0 saturated carbocycles. The van der Waals surface area contributed by atoms with E-state index in [1.54, 1.807) is 18.1 Å². The molecular formula is C17H23N5OS. The third kappa shape index (κ3) is 2.41. The summed E-state index contributed by atoms with van der Waals surface area (Å²) in [5, 5.41) is 23.3. The number of hydrogen-bond donors (Lipinski definition) is 2. The van der Waals surface area contributed by atoms with Crippen LogP contribution in [0.25, 0.3) is 0 Å². The molecule has 128 valence electrons. The van der Waals surface area contributed by atoms with Gasteiger partial charge >= 0.3 is 0 Å². The van der Waals surface area contributed by atoms with E-state index in [4.69, 9.17) is 0 Å². The van der Waals surface area contributed by atoms with Crippen LogP contribution in [0.5, 0.6) is 0 Å². The molecule has 0 aromatic carbocycles. The third-order valence-corrected chi connectivity index (χ3v) is 6.49. The molecule has 24 heavy (non-hydrogen) atoms. The predicted octanol–water partition coefficient (Wildman–Crippen LogP) is 2.13. The second kappa shape index (κ2) is 5.46. The van der Waals surface area contributed by atoms with E-state index < -0.39 is 5.60 Å². The summed E-state index contributed by atoms with van der Waals surface area (Å²) in [6, 6.07) is 0.0247. The molecule has 1 saturated heterocycles. The zero-order valence-corrected chi connectivity index (χ0v) is 15.3. The third-order valence-electron chi connectivity index (χ3n) is 5.36. The van der Waals surface area contributed by atoms with Crippen molar-refractivity contribution in [3.63, 3.8) is 0 Å². The minimum atomic E-state index is -0.646. The number of rotatable bonds is 2. The Hall–Kier alpha value is -1.60. The summed E-state index contributed by atoms with van der Waals surface area (Å²) in [4.78, 5) is 8.20. The Labute approximate surface area is 146 Å². The Morgan fingerprint density at radius 1 is 1.33 bits per heavy atom. The lowest BCUT2D eigenvalue weighted by Crippen LogP contribution is -2.36. The van der Waals surface area contributed by atoms with Gasteiger partial charge in [0.2, 0.25) is 0 Å². The van der Waals surface area contributed by atoms with Crippen LogP contribution in [0.15, 0.2) is 20.7 Å². The maximum absolute atomic E-state index is 10.3. The highest BCUT2D eigenvalue weighted by atomic mass is 32.2. The Morgan fingerprint density at radius 2 is 2.12 bits per heavy atom. The monoisotopic (exact) mass is 345 g/mol. The molecule has 2 atom stereocenters. The second-order valence-electron chi connectivity index (χ2n) is 7.35. The van der Waals surface area contributed by atoms with Crippen molar-refractivity contribution in [3.05, 3.63) is 27.5 Å². The smallest absolute Gasteiger partial charge is 0.129 e. The fourth-order valence-corrected chi connectivity index (χ4v) is 4.88. The second-order valence-corrected chi connectivity index (χ2v) is 8.39. The first-order valence-corrected chi connectivity index (χ1v) is 9.19. The normalized spacial score (nSPS) is 25.8. The lowest BCUT2D eigenvalue weighted by atomic mass is 9.90. The molecule has 0 radical (unpaired) electrons. The number of nitrogens with zero attached hydrogens (tertiary/aromatic N) is 4. The van der Waals surface area contributed by atoms with Gasteiger partial charge in [-0.2, -0.15) is 5.10 Å². The summed E-state index contributed by atoms with van der Waals surface area (Å²) in [5.41, 5.74) is 2.69. The summed E-state index contributed by atoms with van der Waals surface area (Å²) in [6.07, 6.45) is 2.80.